The van der Waals surface area contributed by atoms with Gasteiger partial charge in [-0.3, -0.25) is 9.59 Å². The van der Waals surface area contributed by atoms with E-state index in [0.29, 0.717) is 11.4 Å². The van der Waals surface area contributed by atoms with Crippen LogP contribution < -0.4 is 11.5 Å². The Morgan fingerprint density at radius 2 is 1.21 bits per heavy atom. The van der Waals surface area contributed by atoms with Crippen molar-refractivity contribution in [2.75, 3.05) is 0 Å². The lowest BCUT2D eigenvalue weighted by atomic mass is 10.2. The van der Waals surface area contributed by atoms with Crippen LogP contribution in [0.4, 0.5) is 0 Å². The summed E-state index contributed by atoms with van der Waals surface area (Å²) in [5, 5.41) is 0. The number of aromatic nitrogens is 2. The lowest BCUT2D eigenvalue weighted by molar-refractivity contribution is 0.0959. The number of carbonyl (C=O) groups is 2. The van der Waals surface area contributed by atoms with Crippen LogP contribution >= 0.6 is 0 Å². The Hall–Kier alpha value is -1.98. The number of hydrogen-bond acceptors (Lipinski definition) is 4. The highest BCUT2D eigenvalue weighted by Gasteiger charge is 2.17. The van der Waals surface area contributed by atoms with Crippen molar-refractivity contribution in [2.45, 2.75) is 13.8 Å². The molecular formula is C8H10N4O2. The van der Waals surface area contributed by atoms with E-state index in [4.69, 9.17) is 11.5 Å². The van der Waals surface area contributed by atoms with E-state index in [1.165, 1.54) is 0 Å². The SMILES string of the molecule is Cc1nc(C(N)=O)c(C(N)=O)nc1C. The fourth-order valence-electron chi connectivity index (χ4n) is 0.947. The molecule has 0 radical (unpaired) electrons. The van der Waals surface area contributed by atoms with Crippen molar-refractivity contribution in [3.63, 3.8) is 0 Å². The lowest BCUT2D eigenvalue weighted by Crippen LogP contribution is -2.24. The second kappa shape index (κ2) is 3.41. The first kappa shape index (κ1) is 10.1. The maximum Gasteiger partial charge on any atom is 0.269 e. The lowest BCUT2D eigenvalue weighted by Gasteiger charge is -2.04. The summed E-state index contributed by atoms with van der Waals surface area (Å²) < 4.78 is 0. The molecule has 1 aromatic rings. The minimum Gasteiger partial charge on any atom is -0.364 e. The van der Waals surface area contributed by atoms with Crippen molar-refractivity contribution in [3.05, 3.63) is 22.8 Å². The molecule has 2 amide bonds. The summed E-state index contributed by atoms with van der Waals surface area (Å²) in [4.78, 5) is 29.5. The molecule has 0 saturated heterocycles. The van der Waals surface area contributed by atoms with E-state index >= 15 is 0 Å². The molecule has 0 aliphatic carbocycles. The van der Waals surface area contributed by atoms with Gasteiger partial charge in [-0.2, -0.15) is 0 Å². The summed E-state index contributed by atoms with van der Waals surface area (Å²) in [5.41, 5.74) is 10.8. The number of nitrogens with two attached hydrogens (primary N) is 2. The van der Waals surface area contributed by atoms with Gasteiger partial charge in [0.1, 0.15) is 0 Å². The maximum absolute atomic E-state index is 10.9. The predicted octanol–water partition coefficient (Wildman–Crippen LogP) is -0.709. The van der Waals surface area contributed by atoms with Crippen LogP contribution in [0.2, 0.25) is 0 Å². The molecule has 0 aromatic carbocycles. The number of aryl methyl sites for hydroxylation is 2. The molecule has 6 heteroatoms. The molecular weight excluding hydrogens is 184 g/mol. The number of hydrogen-bond donors (Lipinski definition) is 2. The second-order valence-electron chi connectivity index (χ2n) is 2.82. The van der Waals surface area contributed by atoms with E-state index < -0.39 is 11.8 Å². The Morgan fingerprint density at radius 1 is 0.929 bits per heavy atom. The zero-order chi connectivity index (χ0) is 10.9. The first-order chi connectivity index (χ1) is 6.43. The largest absolute Gasteiger partial charge is 0.364 e. The molecule has 1 heterocycles. The van der Waals surface area contributed by atoms with Gasteiger partial charge in [0.2, 0.25) is 0 Å². The summed E-state index contributed by atoms with van der Waals surface area (Å²) in [6.45, 7) is 3.33. The van der Waals surface area contributed by atoms with E-state index in [1.807, 2.05) is 0 Å². The quantitative estimate of drug-likeness (QED) is 0.647. The third-order valence-corrected chi connectivity index (χ3v) is 1.77. The van der Waals surface area contributed by atoms with E-state index in [-0.39, 0.29) is 11.4 Å². The van der Waals surface area contributed by atoms with Gasteiger partial charge < -0.3 is 11.5 Å². The zero-order valence-electron chi connectivity index (χ0n) is 7.87. The van der Waals surface area contributed by atoms with Gasteiger partial charge in [0.15, 0.2) is 11.4 Å². The Bertz CT molecular complexity index is 375. The summed E-state index contributed by atoms with van der Waals surface area (Å²) in [6.07, 6.45) is 0. The first-order valence-corrected chi connectivity index (χ1v) is 3.88. The first-order valence-electron chi connectivity index (χ1n) is 3.88. The molecule has 74 valence electrons. The van der Waals surface area contributed by atoms with Crippen molar-refractivity contribution < 1.29 is 9.59 Å². The van der Waals surface area contributed by atoms with Crippen LogP contribution in [0, 0.1) is 13.8 Å². The Labute approximate surface area is 80.3 Å². The van der Waals surface area contributed by atoms with Crippen molar-refractivity contribution in [2.24, 2.45) is 11.5 Å². The normalized spacial score (nSPS) is 9.86. The average Bonchev–Trinajstić information content (AvgIpc) is 2.08. The van der Waals surface area contributed by atoms with E-state index in [1.54, 1.807) is 13.8 Å². The van der Waals surface area contributed by atoms with Crippen LogP contribution in [0.15, 0.2) is 0 Å². The van der Waals surface area contributed by atoms with Crippen molar-refractivity contribution in [1.82, 2.24) is 9.97 Å². The molecule has 0 unspecified atom stereocenters. The summed E-state index contributed by atoms with van der Waals surface area (Å²) in [7, 11) is 0. The van der Waals surface area contributed by atoms with Crippen LogP contribution in [0.5, 0.6) is 0 Å². The number of carbonyl (C=O) groups excluding carboxylic acids is 2. The van der Waals surface area contributed by atoms with Gasteiger partial charge in [0.25, 0.3) is 11.8 Å². The summed E-state index contributed by atoms with van der Waals surface area (Å²) in [6, 6.07) is 0. The number of primary amides is 2. The van der Waals surface area contributed by atoms with Gasteiger partial charge in [0.05, 0.1) is 11.4 Å². The highest BCUT2D eigenvalue weighted by Crippen LogP contribution is 2.06. The standard InChI is InChI=1S/C8H10N4O2/c1-3-4(2)12-6(8(10)14)5(11-3)7(9)13/h1-2H3,(H2,9,13)(H2,10,14). The van der Waals surface area contributed by atoms with Gasteiger partial charge in [-0.15, -0.1) is 0 Å². The molecule has 0 fully saturated rings. The highest BCUT2D eigenvalue weighted by molar-refractivity contribution is 6.03. The van der Waals surface area contributed by atoms with Gasteiger partial charge in [-0.1, -0.05) is 0 Å². The van der Waals surface area contributed by atoms with E-state index in [0.717, 1.165) is 0 Å². The van der Waals surface area contributed by atoms with E-state index in [2.05, 4.69) is 9.97 Å². The fourth-order valence-corrected chi connectivity index (χ4v) is 0.947. The van der Waals surface area contributed by atoms with Crippen molar-refractivity contribution in [3.8, 4) is 0 Å². The monoisotopic (exact) mass is 194 g/mol. The Kier molecular flexibility index (Phi) is 2.46. The van der Waals surface area contributed by atoms with Gasteiger partial charge in [-0.25, -0.2) is 9.97 Å². The molecule has 0 aliphatic rings. The minimum absolute atomic E-state index is 0.180. The van der Waals surface area contributed by atoms with Gasteiger partial charge in [-0.05, 0) is 13.8 Å². The molecule has 4 N–H and O–H groups in total. The number of amides is 2. The third-order valence-electron chi connectivity index (χ3n) is 1.77. The van der Waals surface area contributed by atoms with Crippen molar-refractivity contribution >= 4 is 11.8 Å². The molecule has 0 atom stereocenters. The molecule has 0 saturated carbocycles. The van der Waals surface area contributed by atoms with Crippen LogP contribution in [-0.4, -0.2) is 21.8 Å². The highest BCUT2D eigenvalue weighted by atomic mass is 16.2. The molecule has 0 bridgehead atoms. The Balaban J connectivity index is 3.46. The fraction of sp³-hybridized carbons (Fsp3) is 0.250. The molecule has 1 aromatic heterocycles. The molecule has 14 heavy (non-hydrogen) atoms. The number of rotatable bonds is 2. The predicted molar refractivity (Wildman–Crippen MR) is 48.5 cm³/mol. The van der Waals surface area contributed by atoms with Crippen LogP contribution in [0.1, 0.15) is 32.4 Å². The number of nitrogens with zero attached hydrogens (tertiary/aromatic N) is 2. The van der Waals surface area contributed by atoms with Gasteiger partial charge in [0, 0.05) is 0 Å². The smallest absolute Gasteiger partial charge is 0.269 e. The summed E-state index contributed by atoms with van der Waals surface area (Å²) >= 11 is 0. The average molecular weight is 194 g/mol. The molecule has 0 spiro atoms. The van der Waals surface area contributed by atoms with Crippen LogP contribution in [-0.2, 0) is 0 Å². The van der Waals surface area contributed by atoms with Crippen LogP contribution in [0.25, 0.3) is 0 Å². The molecule has 0 aliphatic heterocycles. The maximum atomic E-state index is 10.9. The minimum atomic E-state index is -0.811. The topological polar surface area (TPSA) is 112 Å². The second-order valence-corrected chi connectivity index (χ2v) is 2.82. The third kappa shape index (κ3) is 1.68. The Morgan fingerprint density at radius 3 is 1.43 bits per heavy atom. The summed E-state index contributed by atoms with van der Waals surface area (Å²) in [5.74, 6) is -1.62. The molecule has 1 rings (SSSR count). The van der Waals surface area contributed by atoms with E-state index in [9.17, 15) is 9.59 Å². The zero-order valence-corrected chi connectivity index (χ0v) is 7.87. The van der Waals surface area contributed by atoms with Gasteiger partial charge >= 0.3 is 0 Å². The van der Waals surface area contributed by atoms with Crippen LogP contribution in [0.3, 0.4) is 0 Å². The molecule has 6 nitrogen and oxygen atoms in total. The van der Waals surface area contributed by atoms with Crippen molar-refractivity contribution in [1.29, 1.82) is 0 Å².